The Labute approximate surface area is 89.1 Å². The van der Waals surface area contributed by atoms with Crippen molar-refractivity contribution in [2.75, 3.05) is 25.4 Å². The number of likely N-dealkylation sites (tertiary alicyclic amines) is 1. The van der Waals surface area contributed by atoms with E-state index < -0.39 is 0 Å². The maximum Gasteiger partial charge on any atom is 0.0866 e. The predicted molar refractivity (Wildman–Crippen MR) is 57.0 cm³/mol. The van der Waals surface area contributed by atoms with E-state index in [-0.39, 0.29) is 0 Å². The second-order valence-corrected chi connectivity index (χ2v) is 3.92. The van der Waals surface area contributed by atoms with Gasteiger partial charge in [0.25, 0.3) is 0 Å². The van der Waals surface area contributed by atoms with Gasteiger partial charge in [0.05, 0.1) is 30.5 Å². The molecule has 0 amide bonds. The fourth-order valence-corrected chi connectivity index (χ4v) is 1.99. The third kappa shape index (κ3) is 2.28. The molecule has 0 spiro atoms. The number of nitrogens with two attached hydrogens (primary N) is 1. The third-order valence-corrected chi connectivity index (χ3v) is 2.85. The van der Waals surface area contributed by atoms with E-state index in [9.17, 15) is 0 Å². The van der Waals surface area contributed by atoms with Gasteiger partial charge in [0.1, 0.15) is 0 Å². The molecule has 2 N–H and O–H groups in total. The molecular weight excluding hydrogens is 190 g/mol. The number of rotatable bonds is 2. The van der Waals surface area contributed by atoms with Gasteiger partial charge in [0, 0.05) is 19.3 Å². The summed E-state index contributed by atoms with van der Waals surface area (Å²) >= 11 is 0. The number of aromatic nitrogens is 2. The van der Waals surface area contributed by atoms with Crippen molar-refractivity contribution in [2.24, 2.45) is 0 Å². The SMILES string of the molecule is N#CCN1CCC(n2cc(N)cn2)CC1. The van der Waals surface area contributed by atoms with Gasteiger partial charge < -0.3 is 5.73 Å². The van der Waals surface area contributed by atoms with Crippen LogP contribution >= 0.6 is 0 Å². The van der Waals surface area contributed by atoms with Crippen molar-refractivity contribution in [3.8, 4) is 6.07 Å². The van der Waals surface area contributed by atoms with E-state index in [0.717, 1.165) is 31.6 Å². The van der Waals surface area contributed by atoms with Crippen LogP contribution in [0.2, 0.25) is 0 Å². The van der Waals surface area contributed by atoms with Gasteiger partial charge in [-0.15, -0.1) is 0 Å². The molecule has 0 aliphatic carbocycles. The predicted octanol–water partition coefficient (Wildman–Crippen LogP) is 0.626. The second kappa shape index (κ2) is 4.32. The van der Waals surface area contributed by atoms with Crippen LogP contribution in [0.4, 0.5) is 5.69 Å². The van der Waals surface area contributed by atoms with Crippen molar-refractivity contribution in [3.63, 3.8) is 0 Å². The first kappa shape index (κ1) is 9.99. The minimum Gasteiger partial charge on any atom is -0.396 e. The van der Waals surface area contributed by atoms with Crippen LogP contribution in [0.15, 0.2) is 12.4 Å². The second-order valence-electron chi connectivity index (χ2n) is 3.92. The molecule has 0 atom stereocenters. The minimum absolute atomic E-state index is 0.442. The quantitative estimate of drug-likeness (QED) is 0.719. The first-order valence-corrected chi connectivity index (χ1v) is 5.18. The molecule has 5 heteroatoms. The molecule has 15 heavy (non-hydrogen) atoms. The Hall–Kier alpha value is -1.54. The molecule has 1 fully saturated rings. The standard InChI is InChI=1S/C10H15N5/c11-3-6-14-4-1-10(2-5-14)15-8-9(12)7-13-15/h7-8,10H,1-2,4-6,12H2. The Kier molecular flexibility index (Phi) is 2.88. The number of hydrogen-bond donors (Lipinski definition) is 1. The molecule has 1 aliphatic heterocycles. The van der Waals surface area contributed by atoms with Crippen LogP contribution in [-0.2, 0) is 0 Å². The molecule has 1 aromatic rings. The van der Waals surface area contributed by atoms with Crippen molar-refractivity contribution in [3.05, 3.63) is 12.4 Å². The summed E-state index contributed by atoms with van der Waals surface area (Å²) in [6.45, 7) is 2.48. The smallest absolute Gasteiger partial charge is 0.0866 e. The lowest BCUT2D eigenvalue weighted by Gasteiger charge is -2.30. The van der Waals surface area contributed by atoms with Crippen LogP contribution < -0.4 is 5.73 Å². The van der Waals surface area contributed by atoms with Crippen molar-refractivity contribution in [2.45, 2.75) is 18.9 Å². The highest BCUT2D eigenvalue weighted by molar-refractivity contribution is 5.30. The molecular formula is C10H15N5. The van der Waals surface area contributed by atoms with Crippen molar-refractivity contribution < 1.29 is 0 Å². The first-order chi connectivity index (χ1) is 7.29. The summed E-state index contributed by atoms with van der Waals surface area (Å²) < 4.78 is 1.94. The number of nitrogen functional groups attached to an aromatic ring is 1. The number of piperidine rings is 1. The maximum absolute atomic E-state index is 8.58. The molecule has 0 unspecified atom stereocenters. The highest BCUT2D eigenvalue weighted by Crippen LogP contribution is 2.21. The average Bonchev–Trinajstić information content (AvgIpc) is 2.67. The number of hydrogen-bond acceptors (Lipinski definition) is 4. The van der Waals surface area contributed by atoms with Crippen LogP contribution in [0.25, 0.3) is 0 Å². The Balaban J connectivity index is 1.91. The molecule has 0 saturated carbocycles. The van der Waals surface area contributed by atoms with E-state index in [0.29, 0.717) is 12.6 Å². The highest BCUT2D eigenvalue weighted by atomic mass is 15.3. The van der Waals surface area contributed by atoms with Crippen LogP contribution in [-0.4, -0.2) is 34.3 Å². The van der Waals surface area contributed by atoms with Crippen LogP contribution in [0, 0.1) is 11.3 Å². The van der Waals surface area contributed by atoms with Gasteiger partial charge in [-0.05, 0) is 12.8 Å². The normalized spacial score (nSPS) is 18.9. The maximum atomic E-state index is 8.58. The summed E-state index contributed by atoms with van der Waals surface area (Å²) in [6.07, 6.45) is 5.65. The van der Waals surface area contributed by atoms with Crippen molar-refractivity contribution >= 4 is 5.69 Å². The van der Waals surface area contributed by atoms with Gasteiger partial charge >= 0.3 is 0 Å². The molecule has 5 nitrogen and oxygen atoms in total. The van der Waals surface area contributed by atoms with E-state index in [2.05, 4.69) is 16.1 Å². The molecule has 0 radical (unpaired) electrons. The third-order valence-electron chi connectivity index (χ3n) is 2.85. The Morgan fingerprint density at radius 1 is 1.53 bits per heavy atom. The van der Waals surface area contributed by atoms with E-state index in [1.54, 1.807) is 6.20 Å². The van der Waals surface area contributed by atoms with Gasteiger partial charge in [0.15, 0.2) is 0 Å². The number of nitrogens with zero attached hydrogens (tertiary/aromatic N) is 4. The van der Waals surface area contributed by atoms with Crippen molar-refractivity contribution in [1.29, 1.82) is 5.26 Å². The fraction of sp³-hybridized carbons (Fsp3) is 0.600. The molecule has 2 heterocycles. The topological polar surface area (TPSA) is 70.9 Å². The molecule has 0 bridgehead atoms. The van der Waals surface area contributed by atoms with Crippen LogP contribution in [0.5, 0.6) is 0 Å². The molecule has 1 aliphatic rings. The summed E-state index contributed by atoms with van der Waals surface area (Å²) in [5, 5.41) is 12.8. The summed E-state index contributed by atoms with van der Waals surface area (Å²) in [6, 6.07) is 2.62. The molecule has 80 valence electrons. The Morgan fingerprint density at radius 3 is 2.80 bits per heavy atom. The number of nitriles is 1. The fourth-order valence-electron chi connectivity index (χ4n) is 1.99. The van der Waals surface area contributed by atoms with Crippen LogP contribution in [0.3, 0.4) is 0 Å². The average molecular weight is 205 g/mol. The van der Waals surface area contributed by atoms with E-state index >= 15 is 0 Å². The number of anilines is 1. The lowest BCUT2D eigenvalue weighted by atomic mass is 10.1. The minimum atomic E-state index is 0.442. The van der Waals surface area contributed by atoms with Gasteiger partial charge in [-0.1, -0.05) is 0 Å². The molecule has 0 aromatic carbocycles. The lowest BCUT2D eigenvalue weighted by Crippen LogP contribution is -2.34. The summed E-state index contributed by atoms with van der Waals surface area (Å²) in [5.74, 6) is 0. The van der Waals surface area contributed by atoms with Gasteiger partial charge in [-0.25, -0.2) is 0 Å². The zero-order valence-corrected chi connectivity index (χ0v) is 8.63. The van der Waals surface area contributed by atoms with E-state index in [1.807, 2.05) is 10.9 Å². The molecule has 1 saturated heterocycles. The van der Waals surface area contributed by atoms with Gasteiger partial charge in [-0.3, -0.25) is 9.58 Å². The zero-order chi connectivity index (χ0) is 10.7. The van der Waals surface area contributed by atoms with Crippen LogP contribution in [0.1, 0.15) is 18.9 Å². The summed E-state index contributed by atoms with van der Waals surface area (Å²) in [7, 11) is 0. The Morgan fingerprint density at radius 2 is 2.27 bits per heavy atom. The van der Waals surface area contributed by atoms with E-state index in [4.69, 9.17) is 11.0 Å². The van der Waals surface area contributed by atoms with Gasteiger partial charge in [-0.2, -0.15) is 10.4 Å². The van der Waals surface area contributed by atoms with E-state index in [1.165, 1.54) is 0 Å². The Bertz CT molecular complexity index is 356. The van der Waals surface area contributed by atoms with Gasteiger partial charge in [0.2, 0.25) is 0 Å². The summed E-state index contributed by atoms with van der Waals surface area (Å²) in [4.78, 5) is 2.17. The molecule has 1 aromatic heterocycles. The van der Waals surface area contributed by atoms with Crippen molar-refractivity contribution in [1.82, 2.24) is 14.7 Å². The largest absolute Gasteiger partial charge is 0.396 e. The summed E-state index contributed by atoms with van der Waals surface area (Å²) in [5.41, 5.74) is 6.34. The first-order valence-electron chi connectivity index (χ1n) is 5.18. The zero-order valence-electron chi connectivity index (χ0n) is 8.63. The lowest BCUT2D eigenvalue weighted by molar-refractivity contribution is 0.197. The molecule has 2 rings (SSSR count). The highest BCUT2D eigenvalue weighted by Gasteiger charge is 2.20. The monoisotopic (exact) mass is 205 g/mol.